The molecule has 0 fully saturated rings. The van der Waals surface area contributed by atoms with Gasteiger partial charge in [-0.2, -0.15) is 0 Å². The number of nitrogens with one attached hydrogen (secondary N) is 1. The van der Waals surface area contributed by atoms with Crippen molar-refractivity contribution in [2.45, 2.75) is 51.7 Å². The van der Waals surface area contributed by atoms with Gasteiger partial charge >= 0.3 is 0 Å². The summed E-state index contributed by atoms with van der Waals surface area (Å²) in [7, 11) is 0. The highest BCUT2D eigenvalue weighted by molar-refractivity contribution is 7.18. The van der Waals surface area contributed by atoms with Crippen molar-refractivity contribution in [1.82, 2.24) is 14.9 Å². The van der Waals surface area contributed by atoms with Gasteiger partial charge in [0, 0.05) is 47.9 Å². The number of nitrogens with zero attached hydrogens (tertiary/aromatic N) is 2. The van der Waals surface area contributed by atoms with Gasteiger partial charge in [-0.3, -0.25) is 4.90 Å². The Morgan fingerprint density at radius 3 is 2.92 bits per heavy atom. The lowest BCUT2D eigenvalue weighted by Gasteiger charge is -2.32. The van der Waals surface area contributed by atoms with Gasteiger partial charge in [0.05, 0.1) is 21.8 Å². The van der Waals surface area contributed by atoms with Crippen LogP contribution in [0.4, 0.5) is 0 Å². The molecule has 0 amide bonds. The maximum atomic E-state index is 6.42. The first-order valence-electron chi connectivity index (χ1n) is 12.9. The molecular formula is C29H34ClN3O2S. The van der Waals surface area contributed by atoms with Crippen LogP contribution in [0.15, 0.2) is 54.7 Å². The van der Waals surface area contributed by atoms with Crippen molar-refractivity contribution in [3.8, 4) is 5.75 Å². The van der Waals surface area contributed by atoms with Crippen LogP contribution >= 0.6 is 22.9 Å². The molecule has 1 aliphatic rings. The highest BCUT2D eigenvalue weighted by Crippen LogP contribution is 2.26. The number of hydrogen-bond donors (Lipinski definition) is 1. The number of fused-ring (bicyclic) bond motifs is 2. The molecule has 5 nitrogen and oxygen atoms in total. The predicted molar refractivity (Wildman–Crippen MR) is 150 cm³/mol. The highest BCUT2D eigenvalue weighted by Gasteiger charge is 2.19. The first kappa shape index (κ1) is 25.3. The van der Waals surface area contributed by atoms with Crippen molar-refractivity contribution in [2.75, 3.05) is 26.3 Å². The number of aryl methyl sites for hydroxylation is 2. The molecule has 1 atom stereocenters. The van der Waals surface area contributed by atoms with Gasteiger partial charge in [0.15, 0.2) is 0 Å². The van der Waals surface area contributed by atoms with Crippen LogP contribution < -0.4 is 4.74 Å². The summed E-state index contributed by atoms with van der Waals surface area (Å²) >= 11 is 7.94. The maximum absolute atomic E-state index is 6.42. The molecule has 3 heterocycles. The van der Waals surface area contributed by atoms with E-state index in [9.17, 15) is 0 Å². The van der Waals surface area contributed by atoms with Crippen LogP contribution in [0.1, 0.15) is 42.7 Å². The molecule has 0 spiro atoms. The normalized spacial score (nSPS) is 15.2. The van der Waals surface area contributed by atoms with E-state index in [0.717, 1.165) is 85.0 Å². The smallest absolute Gasteiger partial charge is 0.121 e. The minimum atomic E-state index is 0.153. The van der Waals surface area contributed by atoms with E-state index in [-0.39, 0.29) is 6.23 Å². The van der Waals surface area contributed by atoms with Gasteiger partial charge in [0.1, 0.15) is 12.0 Å². The summed E-state index contributed by atoms with van der Waals surface area (Å²) in [4.78, 5) is 10.4. The van der Waals surface area contributed by atoms with Gasteiger partial charge in [-0.1, -0.05) is 23.8 Å². The Hall–Kier alpha value is -2.38. The lowest BCUT2D eigenvalue weighted by atomic mass is 10.1. The Morgan fingerprint density at radius 1 is 1.11 bits per heavy atom. The zero-order valence-corrected chi connectivity index (χ0v) is 22.4. The highest BCUT2D eigenvalue weighted by atomic mass is 35.5. The number of benzene rings is 2. The molecule has 1 aliphatic heterocycles. The molecule has 0 saturated heterocycles. The third-order valence-electron chi connectivity index (χ3n) is 6.71. The summed E-state index contributed by atoms with van der Waals surface area (Å²) in [5, 5.41) is 3.10. The maximum Gasteiger partial charge on any atom is 0.121 e. The van der Waals surface area contributed by atoms with E-state index in [1.54, 1.807) is 11.3 Å². The van der Waals surface area contributed by atoms with Gasteiger partial charge in [-0.25, -0.2) is 4.98 Å². The number of thiazole rings is 1. The van der Waals surface area contributed by atoms with E-state index in [1.165, 1.54) is 15.6 Å². The van der Waals surface area contributed by atoms with Crippen molar-refractivity contribution < 1.29 is 9.47 Å². The molecular weight excluding hydrogens is 490 g/mol. The zero-order valence-electron chi connectivity index (χ0n) is 20.8. The molecule has 0 saturated carbocycles. The summed E-state index contributed by atoms with van der Waals surface area (Å²) in [5.41, 5.74) is 3.49. The molecule has 4 aromatic rings. The number of ether oxygens (including phenoxy) is 2. The molecule has 2 aromatic carbocycles. The number of H-pyrrole nitrogens is 1. The quantitative estimate of drug-likeness (QED) is 0.154. The van der Waals surface area contributed by atoms with E-state index in [4.69, 9.17) is 21.1 Å². The van der Waals surface area contributed by atoms with Crippen molar-refractivity contribution in [3.05, 3.63) is 70.3 Å². The minimum Gasteiger partial charge on any atom is -0.494 e. The number of aromatic amines is 1. The Balaban J connectivity index is 1.07. The Kier molecular flexibility index (Phi) is 8.59. The van der Waals surface area contributed by atoms with Crippen molar-refractivity contribution in [3.63, 3.8) is 0 Å². The number of aromatic nitrogens is 2. The van der Waals surface area contributed by atoms with Crippen molar-refractivity contribution in [2.24, 2.45) is 0 Å². The molecule has 5 rings (SSSR count). The Labute approximate surface area is 222 Å². The fraction of sp³-hybridized carbons (Fsp3) is 0.414. The molecule has 7 heteroatoms. The lowest BCUT2D eigenvalue weighted by Crippen LogP contribution is -2.39. The second-order valence-electron chi connectivity index (χ2n) is 9.39. The van der Waals surface area contributed by atoms with Crippen molar-refractivity contribution >= 4 is 44.1 Å². The Bertz CT molecular complexity index is 1310. The summed E-state index contributed by atoms with van der Waals surface area (Å²) in [5.74, 6) is 0.894. The number of halogens is 1. The van der Waals surface area contributed by atoms with Crippen molar-refractivity contribution in [1.29, 1.82) is 0 Å². The molecule has 0 radical (unpaired) electrons. The van der Waals surface area contributed by atoms with E-state index < -0.39 is 0 Å². The van der Waals surface area contributed by atoms with Crippen LogP contribution in [0.3, 0.4) is 0 Å². The third kappa shape index (κ3) is 6.48. The van der Waals surface area contributed by atoms with Crippen LogP contribution in [0.25, 0.3) is 21.1 Å². The lowest BCUT2D eigenvalue weighted by molar-refractivity contribution is -0.0625. The summed E-state index contributed by atoms with van der Waals surface area (Å²) in [6, 6.07) is 12.2. The Morgan fingerprint density at radius 2 is 2.03 bits per heavy atom. The van der Waals surface area contributed by atoms with E-state index in [1.807, 2.05) is 25.1 Å². The number of rotatable bonds is 12. The standard InChI is InChI=1S/C29H34ClN3O2S/c1-21-32-27-19-24(11-13-28(27)36-21)34-16-5-6-17-35-29(33-14-3-2-4-15-33)9-7-8-22-20-31-26-12-10-23(30)18-25(22)26/h2-3,10-13,18-20,29,31H,4-9,14-17H2,1H3. The largest absolute Gasteiger partial charge is 0.494 e. The summed E-state index contributed by atoms with van der Waals surface area (Å²) in [6.07, 6.45) is 13.0. The van der Waals surface area contributed by atoms with E-state index in [2.05, 4.69) is 51.4 Å². The molecule has 2 aromatic heterocycles. The molecule has 0 bridgehead atoms. The molecule has 190 valence electrons. The fourth-order valence-corrected chi connectivity index (χ4v) is 5.82. The van der Waals surface area contributed by atoms with Crippen LogP contribution in [0.2, 0.25) is 5.02 Å². The first-order chi connectivity index (χ1) is 17.7. The summed E-state index contributed by atoms with van der Waals surface area (Å²) < 4.78 is 13.6. The monoisotopic (exact) mass is 523 g/mol. The topological polar surface area (TPSA) is 50.4 Å². The zero-order chi connectivity index (χ0) is 24.7. The predicted octanol–water partition coefficient (Wildman–Crippen LogP) is 7.53. The second-order valence-corrected chi connectivity index (χ2v) is 11.1. The van der Waals surface area contributed by atoms with Gasteiger partial charge in [-0.15, -0.1) is 11.3 Å². The van der Waals surface area contributed by atoms with Crippen LogP contribution in [0.5, 0.6) is 5.75 Å². The average Bonchev–Trinajstić information content (AvgIpc) is 3.47. The second kappa shape index (κ2) is 12.2. The third-order valence-corrected chi connectivity index (χ3v) is 7.89. The summed E-state index contributed by atoms with van der Waals surface area (Å²) in [6.45, 7) is 5.51. The van der Waals surface area contributed by atoms with Crippen LogP contribution in [-0.4, -0.2) is 47.4 Å². The number of unbranched alkanes of at least 4 members (excludes halogenated alkanes) is 1. The van der Waals surface area contributed by atoms with Gasteiger partial charge in [-0.05, 0) is 81.3 Å². The first-order valence-corrected chi connectivity index (χ1v) is 14.1. The average molecular weight is 524 g/mol. The molecule has 0 aliphatic carbocycles. The number of hydrogen-bond acceptors (Lipinski definition) is 5. The molecule has 1 unspecified atom stereocenters. The van der Waals surface area contributed by atoms with E-state index >= 15 is 0 Å². The van der Waals surface area contributed by atoms with Gasteiger partial charge in [0.25, 0.3) is 0 Å². The fourth-order valence-electron chi connectivity index (χ4n) is 4.84. The van der Waals surface area contributed by atoms with Gasteiger partial charge < -0.3 is 14.5 Å². The SMILES string of the molecule is Cc1nc2cc(OCCCCOC(CCCc3c[nH]c4ccc(Cl)cc34)N3CC=CCC3)ccc2s1. The van der Waals surface area contributed by atoms with E-state index in [0.29, 0.717) is 6.61 Å². The molecule has 36 heavy (non-hydrogen) atoms. The molecule has 1 N–H and O–H groups in total. The van der Waals surface area contributed by atoms with Gasteiger partial charge in [0.2, 0.25) is 0 Å². The van der Waals surface area contributed by atoms with Crippen LogP contribution in [0, 0.1) is 6.92 Å². The minimum absolute atomic E-state index is 0.153. The van der Waals surface area contributed by atoms with Crippen LogP contribution in [-0.2, 0) is 11.2 Å².